The average molecular weight is 219 g/mol. The zero-order valence-electron chi connectivity index (χ0n) is 10.0. The summed E-state index contributed by atoms with van der Waals surface area (Å²) in [6.45, 7) is 6.61. The van der Waals surface area contributed by atoms with Crippen LogP contribution in [0.5, 0.6) is 0 Å². The maximum atomic E-state index is 4.38. The minimum absolute atomic E-state index is 0.684. The Morgan fingerprint density at radius 2 is 2.44 bits per heavy atom. The highest BCUT2D eigenvalue weighted by Gasteiger charge is 2.17. The number of hydrogen-bond donors (Lipinski definition) is 1. The summed E-state index contributed by atoms with van der Waals surface area (Å²) in [5.41, 5.74) is 1.17. The Morgan fingerprint density at radius 1 is 1.50 bits per heavy atom. The number of hydrogen-bond acceptors (Lipinski definition) is 3. The van der Waals surface area contributed by atoms with Crippen LogP contribution in [0.3, 0.4) is 0 Å². The highest BCUT2D eigenvalue weighted by Crippen LogP contribution is 2.09. The molecule has 16 heavy (non-hydrogen) atoms. The average Bonchev–Trinajstić information content (AvgIpc) is 2.82. The van der Waals surface area contributed by atoms with Crippen LogP contribution in [0.2, 0.25) is 0 Å². The number of likely N-dealkylation sites (N-methyl/N-ethyl adjacent to an activating group) is 1. The first kappa shape index (κ1) is 11.6. The largest absolute Gasteiger partial charge is 0.313 e. The summed E-state index contributed by atoms with van der Waals surface area (Å²) in [5, 5.41) is 3.55. The lowest BCUT2D eigenvalue weighted by Gasteiger charge is -2.23. The van der Waals surface area contributed by atoms with Crippen molar-refractivity contribution in [3.63, 3.8) is 0 Å². The fraction of sp³-hybridized carbons (Fsp3) is 0.615. The minimum Gasteiger partial charge on any atom is -0.313 e. The molecule has 0 aliphatic carbocycles. The fourth-order valence-corrected chi connectivity index (χ4v) is 2.25. The maximum absolute atomic E-state index is 4.38. The van der Waals surface area contributed by atoms with E-state index in [1.165, 1.54) is 25.1 Å². The van der Waals surface area contributed by atoms with E-state index in [0.29, 0.717) is 6.04 Å². The van der Waals surface area contributed by atoms with Gasteiger partial charge in [0.05, 0.1) is 5.69 Å². The first-order valence-electron chi connectivity index (χ1n) is 6.24. The molecule has 1 N–H and O–H groups in total. The van der Waals surface area contributed by atoms with Crippen molar-refractivity contribution in [1.29, 1.82) is 0 Å². The summed E-state index contributed by atoms with van der Waals surface area (Å²) in [6.07, 6.45) is 4.52. The molecular weight excluding hydrogens is 198 g/mol. The Hall–Kier alpha value is -0.930. The molecule has 1 aromatic heterocycles. The van der Waals surface area contributed by atoms with E-state index in [0.717, 1.165) is 19.6 Å². The molecule has 1 aliphatic rings. The zero-order valence-corrected chi connectivity index (χ0v) is 10.0. The molecule has 1 unspecified atom stereocenters. The van der Waals surface area contributed by atoms with E-state index in [4.69, 9.17) is 0 Å². The quantitative estimate of drug-likeness (QED) is 0.816. The molecule has 88 valence electrons. The Morgan fingerprint density at radius 3 is 3.06 bits per heavy atom. The van der Waals surface area contributed by atoms with E-state index in [1.807, 2.05) is 12.3 Å². The van der Waals surface area contributed by atoms with Gasteiger partial charge < -0.3 is 5.32 Å². The van der Waals surface area contributed by atoms with Crippen molar-refractivity contribution in [2.24, 2.45) is 0 Å². The van der Waals surface area contributed by atoms with Gasteiger partial charge in [0.15, 0.2) is 0 Å². The van der Waals surface area contributed by atoms with Gasteiger partial charge in [-0.1, -0.05) is 13.0 Å². The lowest BCUT2D eigenvalue weighted by atomic mass is 10.2. The van der Waals surface area contributed by atoms with Gasteiger partial charge in [-0.3, -0.25) is 9.88 Å². The first-order valence-corrected chi connectivity index (χ1v) is 6.24. The standard InChI is InChI=1S/C13H21N3/c1-2-16(11-13-7-5-9-15-13)10-12-6-3-4-8-14-12/h3-4,6,8,13,15H,2,5,7,9-11H2,1H3. The van der Waals surface area contributed by atoms with Gasteiger partial charge in [-0.2, -0.15) is 0 Å². The van der Waals surface area contributed by atoms with E-state index in [-0.39, 0.29) is 0 Å². The van der Waals surface area contributed by atoms with Gasteiger partial charge >= 0.3 is 0 Å². The van der Waals surface area contributed by atoms with Crippen molar-refractivity contribution in [2.75, 3.05) is 19.6 Å². The van der Waals surface area contributed by atoms with Crippen LogP contribution in [-0.2, 0) is 6.54 Å². The molecule has 3 heteroatoms. The van der Waals surface area contributed by atoms with Gasteiger partial charge in [-0.25, -0.2) is 0 Å². The topological polar surface area (TPSA) is 28.2 Å². The fourth-order valence-electron chi connectivity index (χ4n) is 2.25. The summed E-state index contributed by atoms with van der Waals surface area (Å²) in [4.78, 5) is 6.84. The highest BCUT2D eigenvalue weighted by atomic mass is 15.2. The Kier molecular flexibility index (Phi) is 4.31. The van der Waals surface area contributed by atoms with Crippen molar-refractivity contribution in [3.8, 4) is 0 Å². The molecule has 1 atom stereocenters. The summed E-state index contributed by atoms with van der Waals surface area (Å²) in [7, 11) is 0. The number of aromatic nitrogens is 1. The molecule has 1 fully saturated rings. The smallest absolute Gasteiger partial charge is 0.0543 e. The van der Waals surface area contributed by atoms with Gasteiger partial charge in [0, 0.05) is 25.3 Å². The zero-order chi connectivity index (χ0) is 11.2. The van der Waals surface area contributed by atoms with Gasteiger partial charge in [-0.05, 0) is 38.1 Å². The minimum atomic E-state index is 0.684. The number of pyridine rings is 1. The Balaban J connectivity index is 1.85. The lowest BCUT2D eigenvalue weighted by molar-refractivity contribution is 0.251. The molecule has 1 aromatic rings. The van der Waals surface area contributed by atoms with E-state index in [2.05, 4.69) is 34.3 Å². The van der Waals surface area contributed by atoms with Gasteiger partial charge in [0.25, 0.3) is 0 Å². The van der Waals surface area contributed by atoms with Crippen molar-refractivity contribution in [1.82, 2.24) is 15.2 Å². The van der Waals surface area contributed by atoms with Crippen LogP contribution in [0.1, 0.15) is 25.5 Å². The number of nitrogens with zero attached hydrogens (tertiary/aromatic N) is 2. The molecule has 0 spiro atoms. The predicted octanol–water partition coefficient (Wildman–Crippen LogP) is 1.66. The van der Waals surface area contributed by atoms with E-state index >= 15 is 0 Å². The van der Waals surface area contributed by atoms with Crippen molar-refractivity contribution in [3.05, 3.63) is 30.1 Å². The van der Waals surface area contributed by atoms with Crippen molar-refractivity contribution < 1.29 is 0 Å². The van der Waals surface area contributed by atoms with Gasteiger partial charge in [0.1, 0.15) is 0 Å². The first-order chi connectivity index (χ1) is 7.88. The Bertz CT molecular complexity index is 293. The van der Waals surface area contributed by atoms with Crippen LogP contribution < -0.4 is 5.32 Å². The molecule has 3 nitrogen and oxygen atoms in total. The molecule has 0 radical (unpaired) electrons. The summed E-state index contributed by atoms with van der Waals surface area (Å²) in [5.74, 6) is 0. The van der Waals surface area contributed by atoms with Crippen LogP contribution >= 0.6 is 0 Å². The third kappa shape index (κ3) is 3.29. The van der Waals surface area contributed by atoms with E-state index < -0.39 is 0 Å². The molecule has 1 aliphatic heterocycles. The monoisotopic (exact) mass is 219 g/mol. The lowest BCUT2D eigenvalue weighted by Crippen LogP contribution is -2.37. The van der Waals surface area contributed by atoms with Gasteiger partial charge in [0.2, 0.25) is 0 Å². The predicted molar refractivity (Wildman–Crippen MR) is 66.2 cm³/mol. The molecule has 1 saturated heterocycles. The van der Waals surface area contributed by atoms with Crippen LogP contribution in [-0.4, -0.2) is 35.6 Å². The molecular formula is C13H21N3. The summed E-state index contributed by atoms with van der Waals surface area (Å²) >= 11 is 0. The normalized spacial score (nSPS) is 20.5. The van der Waals surface area contributed by atoms with Crippen LogP contribution in [0, 0.1) is 0 Å². The number of nitrogens with one attached hydrogen (secondary N) is 1. The second-order valence-corrected chi connectivity index (χ2v) is 4.44. The maximum Gasteiger partial charge on any atom is 0.0543 e. The highest BCUT2D eigenvalue weighted by molar-refractivity contribution is 5.03. The van der Waals surface area contributed by atoms with Gasteiger partial charge in [-0.15, -0.1) is 0 Å². The van der Waals surface area contributed by atoms with E-state index in [1.54, 1.807) is 0 Å². The second kappa shape index (κ2) is 5.97. The van der Waals surface area contributed by atoms with Crippen LogP contribution in [0.15, 0.2) is 24.4 Å². The third-order valence-electron chi connectivity index (χ3n) is 3.20. The van der Waals surface area contributed by atoms with E-state index in [9.17, 15) is 0 Å². The third-order valence-corrected chi connectivity index (χ3v) is 3.20. The Labute approximate surface area is 97.9 Å². The van der Waals surface area contributed by atoms with Crippen molar-refractivity contribution in [2.45, 2.75) is 32.4 Å². The molecule has 0 amide bonds. The summed E-state index contributed by atoms with van der Waals surface area (Å²) in [6, 6.07) is 6.82. The SMILES string of the molecule is CCN(Cc1ccccn1)CC1CCCN1. The molecule has 0 bridgehead atoms. The molecule has 0 saturated carbocycles. The molecule has 2 heterocycles. The second-order valence-electron chi connectivity index (χ2n) is 4.44. The van der Waals surface area contributed by atoms with Crippen LogP contribution in [0.4, 0.5) is 0 Å². The summed E-state index contributed by atoms with van der Waals surface area (Å²) < 4.78 is 0. The van der Waals surface area contributed by atoms with Crippen LogP contribution in [0.25, 0.3) is 0 Å². The van der Waals surface area contributed by atoms with Crippen molar-refractivity contribution >= 4 is 0 Å². The molecule has 2 rings (SSSR count). The molecule has 0 aromatic carbocycles. The number of rotatable bonds is 5.